The summed E-state index contributed by atoms with van der Waals surface area (Å²) in [6.45, 7) is 0. The van der Waals surface area contributed by atoms with Crippen LogP contribution in [0.1, 0.15) is 12.0 Å². The first-order chi connectivity index (χ1) is 8.25. The molecule has 0 aliphatic rings. The first kappa shape index (κ1) is 11.1. The Morgan fingerprint density at radius 1 is 1.35 bits per heavy atom. The van der Waals surface area contributed by atoms with Crippen molar-refractivity contribution in [3.63, 3.8) is 0 Å². The molecular formula is C13H12N2O2. The molecular weight excluding hydrogens is 216 g/mol. The van der Waals surface area contributed by atoms with Crippen LogP contribution in [-0.4, -0.2) is 21.0 Å². The van der Waals surface area contributed by atoms with Gasteiger partial charge < -0.3 is 10.1 Å². The third kappa shape index (κ3) is 3.04. The number of aromatic nitrogens is 2. The van der Waals surface area contributed by atoms with Crippen molar-refractivity contribution in [3.8, 4) is 11.3 Å². The van der Waals surface area contributed by atoms with Crippen molar-refractivity contribution in [1.82, 2.24) is 9.97 Å². The quantitative estimate of drug-likeness (QED) is 0.845. The first-order valence-corrected chi connectivity index (χ1v) is 5.23. The average Bonchev–Trinajstić information content (AvgIpc) is 2.83. The molecule has 0 unspecified atom stereocenters. The van der Waals surface area contributed by atoms with Gasteiger partial charge in [-0.05, 0) is 11.1 Å². The van der Waals surface area contributed by atoms with E-state index >= 15 is 0 Å². The number of benzene rings is 1. The summed E-state index contributed by atoms with van der Waals surface area (Å²) in [5.41, 5.74) is 3.00. The number of hydrogen-bond donors (Lipinski definition) is 2. The highest BCUT2D eigenvalue weighted by Gasteiger charge is 1.97. The molecule has 4 nitrogen and oxygen atoms in total. The summed E-state index contributed by atoms with van der Waals surface area (Å²) in [5.74, 6) is -0.824. The molecule has 0 fully saturated rings. The normalized spacial score (nSPS) is 10.8. The molecule has 2 aromatic rings. The van der Waals surface area contributed by atoms with E-state index in [1.54, 1.807) is 24.7 Å². The first-order valence-electron chi connectivity index (χ1n) is 5.23. The fourth-order valence-electron chi connectivity index (χ4n) is 1.48. The maximum absolute atomic E-state index is 10.3. The SMILES string of the molecule is O=C(O)CC=Cc1ccc(-c2cnc[nH]2)cc1. The molecule has 2 rings (SSSR count). The van der Waals surface area contributed by atoms with Gasteiger partial charge in [-0.2, -0.15) is 0 Å². The second-order valence-electron chi connectivity index (χ2n) is 3.59. The Bertz CT molecular complexity index is 513. The summed E-state index contributed by atoms with van der Waals surface area (Å²) < 4.78 is 0. The second kappa shape index (κ2) is 5.12. The lowest BCUT2D eigenvalue weighted by atomic mass is 10.1. The van der Waals surface area contributed by atoms with Gasteiger partial charge in [0.1, 0.15) is 0 Å². The van der Waals surface area contributed by atoms with Crippen molar-refractivity contribution in [2.45, 2.75) is 6.42 Å². The minimum atomic E-state index is -0.824. The number of carboxylic acids is 1. The van der Waals surface area contributed by atoms with Gasteiger partial charge >= 0.3 is 5.97 Å². The Kier molecular flexibility index (Phi) is 3.35. The smallest absolute Gasteiger partial charge is 0.307 e. The zero-order chi connectivity index (χ0) is 12.1. The van der Waals surface area contributed by atoms with Gasteiger partial charge in [0.15, 0.2) is 0 Å². The van der Waals surface area contributed by atoms with Gasteiger partial charge in [0.05, 0.1) is 24.6 Å². The Labute approximate surface area is 98.6 Å². The third-order valence-electron chi connectivity index (χ3n) is 2.32. The van der Waals surface area contributed by atoms with E-state index in [4.69, 9.17) is 5.11 Å². The Morgan fingerprint density at radius 2 is 2.12 bits per heavy atom. The lowest BCUT2D eigenvalue weighted by molar-refractivity contribution is -0.135. The number of imidazole rings is 1. The van der Waals surface area contributed by atoms with Crippen LogP contribution in [0.4, 0.5) is 0 Å². The van der Waals surface area contributed by atoms with Crippen LogP contribution in [0, 0.1) is 0 Å². The van der Waals surface area contributed by atoms with Crippen LogP contribution in [0.2, 0.25) is 0 Å². The fourth-order valence-corrected chi connectivity index (χ4v) is 1.48. The van der Waals surface area contributed by atoms with E-state index in [2.05, 4.69) is 9.97 Å². The highest BCUT2D eigenvalue weighted by atomic mass is 16.4. The van der Waals surface area contributed by atoms with E-state index in [0.717, 1.165) is 16.8 Å². The monoisotopic (exact) mass is 228 g/mol. The maximum Gasteiger partial charge on any atom is 0.307 e. The van der Waals surface area contributed by atoms with Gasteiger partial charge in [-0.3, -0.25) is 4.79 Å². The molecule has 1 heterocycles. The highest BCUT2D eigenvalue weighted by Crippen LogP contribution is 2.16. The van der Waals surface area contributed by atoms with E-state index in [-0.39, 0.29) is 6.42 Å². The van der Waals surface area contributed by atoms with Crippen molar-refractivity contribution in [3.05, 3.63) is 48.4 Å². The molecule has 1 aromatic heterocycles. The molecule has 0 radical (unpaired) electrons. The molecule has 86 valence electrons. The van der Waals surface area contributed by atoms with Crippen molar-refractivity contribution >= 4 is 12.0 Å². The lowest BCUT2D eigenvalue weighted by Gasteiger charge is -1.98. The zero-order valence-corrected chi connectivity index (χ0v) is 9.13. The minimum absolute atomic E-state index is 0.0439. The largest absolute Gasteiger partial charge is 0.481 e. The topological polar surface area (TPSA) is 66.0 Å². The van der Waals surface area contributed by atoms with Crippen molar-refractivity contribution in [2.75, 3.05) is 0 Å². The van der Waals surface area contributed by atoms with Gasteiger partial charge in [-0.25, -0.2) is 4.98 Å². The molecule has 0 aliphatic heterocycles. The number of nitrogens with one attached hydrogen (secondary N) is 1. The van der Waals surface area contributed by atoms with Gasteiger partial charge in [0.2, 0.25) is 0 Å². The van der Waals surface area contributed by atoms with E-state index in [1.807, 2.05) is 24.3 Å². The molecule has 0 saturated carbocycles. The number of rotatable bonds is 4. The molecule has 0 bridgehead atoms. The lowest BCUT2D eigenvalue weighted by Crippen LogP contribution is -1.89. The van der Waals surface area contributed by atoms with Crippen LogP contribution in [0.25, 0.3) is 17.3 Å². The number of H-pyrrole nitrogens is 1. The Hall–Kier alpha value is -2.36. The van der Waals surface area contributed by atoms with Crippen LogP contribution in [-0.2, 0) is 4.79 Å². The standard InChI is InChI=1S/C13H12N2O2/c16-13(17)3-1-2-10-4-6-11(7-5-10)12-8-14-9-15-12/h1-2,4-9H,3H2,(H,14,15)(H,16,17). The zero-order valence-electron chi connectivity index (χ0n) is 9.13. The summed E-state index contributed by atoms with van der Waals surface area (Å²) in [4.78, 5) is 17.3. The molecule has 0 aliphatic carbocycles. The van der Waals surface area contributed by atoms with Crippen LogP contribution in [0.3, 0.4) is 0 Å². The van der Waals surface area contributed by atoms with Crippen LogP contribution >= 0.6 is 0 Å². The van der Waals surface area contributed by atoms with Crippen LogP contribution in [0.5, 0.6) is 0 Å². The highest BCUT2D eigenvalue weighted by molar-refractivity contribution is 5.70. The summed E-state index contributed by atoms with van der Waals surface area (Å²) >= 11 is 0. The molecule has 0 saturated heterocycles. The molecule has 2 N–H and O–H groups in total. The van der Waals surface area contributed by atoms with E-state index < -0.39 is 5.97 Å². The molecule has 1 aromatic carbocycles. The summed E-state index contributed by atoms with van der Waals surface area (Å²) in [6, 6.07) is 7.81. The number of hydrogen-bond acceptors (Lipinski definition) is 2. The average molecular weight is 228 g/mol. The molecule has 0 amide bonds. The summed E-state index contributed by atoms with van der Waals surface area (Å²) in [6.07, 6.45) is 6.87. The van der Waals surface area contributed by atoms with Gasteiger partial charge in [-0.15, -0.1) is 0 Å². The van der Waals surface area contributed by atoms with Crippen LogP contribution in [0.15, 0.2) is 42.9 Å². The van der Waals surface area contributed by atoms with Crippen molar-refractivity contribution < 1.29 is 9.90 Å². The number of aliphatic carboxylic acids is 1. The van der Waals surface area contributed by atoms with E-state index in [0.29, 0.717) is 0 Å². The second-order valence-corrected chi connectivity index (χ2v) is 3.59. The molecule has 0 atom stereocenters. The fraction of sp³-hybridized carbons (Fsp3) is 0.0769. The maximum atomic E-state index is 10.3. The predicted octanol–water partition coefficient (Wildman–Crippen LogP) is 2.56. The summed E-state index contributed by atoms with van der Waals surface area (Å²) in [5, 5.41) is 8.50. The number of aromatic amines is 1. The van der Waals surface area contributed by atoms with Gasteiger partial charge in [0, 0.05) is 0 Å². The minimum Gasteiger partial charge on any atom is -0.481 e. The van der Waals surface area contributed by atoms with Gasteiger partial charge in [-0.1, -0.05) is 36.4 Å². The van der Waals surface area contributed by atoms with Crippen LogP contribution < -0.4 is 0 Å². The Balaban J connectivity index is 2.08. The summed E-state index contributed by atoms with van der Waals surface area (Å²) in [7, 11) is 0. The molecule has 17 heavy (non-hydrogen) atoms. The van der Waals surface area contributed by atoms with E-state index in [1.165, 1.54) is 0 Å². The molecule has 0 spiro atoms. The van der Waals surface area contributed by atoms with Crippen molar-refractivity contribution in [2.24, 2.45) is 0 Å². The number of carboxylic acid groups (broad SMARTS) is 1. The van der Waals surface area contributed by atoms with E-state index in [9.17, 15) is 4.79 Å². The predicted molar refractivity (Wildman–Crippen MR) is 65.3 cm³/mol. The van der Waals surface area contributed by atoms with Crippen molar-refractivity contribution in [1.29, 1.82) is 0 Å². The number of nitrogens with zero attached hydrogens (tertiary/aromatic N) is 1. The molecule has 4 heteroatoms. The van der Waals surface area contributed by atoms with Gasteiger partial charge in [0.25, 0.3) is 0 Å². The Morgan fingerprint density at radius 3 is 2.71 bits per heavy atom. The number of carbonyl (C=O) groups is 1. The third-order valence-corrected chi connectivity index (χ3v) is 2.32.